The predicted octanol–water partition coefficient (Wildman–Crippen LogP) is 4.03. The van der Waals surface area contributed by atoms with E-state index >= 15 is 0 Å². The molecule has 9 heteroatoms. The first kappa shape index (κ1) is 23.6. The molecule has 2 amide bonds. The summed E-state index contributed by atoms with van der Waals surface area (Å²) in [7, 11) is 2.96. The summed E-state index contributed by atoms with van der Waals surface area (Å²) in [6, 6.07) is 19.3. The molecule has 3 rings (SSSR count). The van der Waals surface area contributed by atoms with Crippen molar-refractivity contribution < 1.29 is 23.8 Å². The molecule has 0 unspecified atom stereocenters. The molecule has 3 aromatic rings. The van der Waals surface area contributed by atoms with Gasteiger partial charge in [0, 0.05) is 11.1 Å². The second kappa shape index (κ2) is 11.5. The molecule has 8 nitrogen and oxygen atoms in total. The Morgan fingerprint density at radius 3 is 2.27 bits per heavy atom. The van der Waals surface area contributed by atoms with E-state index in [1.807, 2.05) is 24.3 Å². The molecule has 0 aliphatic rings. The van der Waals surface area contributed by atoms with Gasteiger partial charge in [-0.05, 0) is 59.7 Å². The molecule has 0 bridgehead atoms. The van der Waals surface area contributed by atoms with E-state index in [9.17, 15) is 9.59 Å². The summed E-state index contributed by atoms with van der Waals surface area (Å²) >= 11 is 5.87. The predicted molar refractivity (Wildman–Crippen MR) is 126 cm³/mol. The van der Waals surface area contributed by atoms with Gasteiger partial charge >= 0.3 is 11.8 Å². The van der Waals surface area contributed by atoms with Crippen molar-refractivity contribution in [1.82, 2.24) is 5.43 Å². The molecular weight excluding hydrogens is 446 g/mol. The summed E-state index contributed by atoms with van der Waals surface area (Å²) in [5.74, 6) is -0.217. The summed E-state index contributed by atoms with van der Waals surface area (Å²) in [5.41, 5.74) is 4.23. The maximum Gasteiger partial charge on any atom is 0.329 e. The molecule has 0 aliphatic heterocycles. The zero-order chi connectivity index (χ0) is 23.6. The normalized spacial score (nSPS) is 10.5. The molecule has 33 heavy (non-hydrogen) atoms. The summed E-state index contributed by atoms with van der Waals surface area (Å²) in [4.78, 5) is 24.1. The van der Waals surface area contributed by atoms with Gasteiger partial charge in [-0.2, -0.15) is 5.10 Å². The average Bonchev–Trinajstić information content (AvgIpc) is 2.84. The molecule has 0 aliphatic carbocycles. The third kappa shape index (κ3) is 6.98. The van der Waals surface area contributed by atoms with Crippen LogP contribution in [0.25, 0.3) is 0 Å². The molecular formula is C24H22ClN3O5. The highest BCUT2D eigenvalue weighted by Crippen LogP contribution is 2.28. The maximum atomic E-state index is 12.1. The lowest BCUT2D eigenvalue weighted by Crippen LogP contribution is -2.32. The van der Waals surface area contributed by atoms with E-state index in [1.54, 1.807) is 42.5 Å². The molecule has 0 aromatic heterocycles. The number of benzene rings is 3. The number of hydrogen-bond donors (Lipinski definition) is 2. The topological polar surface area (TPSA) is 98.2 Å². The van der Waals surface area contributed by atoms with E-state index in [2.05, 4.69) is 15.8 Å². The fourth-order valence-electron chi connectivity index (χ4n) is 2.69. The van der Waals surface area contributed by atoms with E-state index in [0.717, 1.165) is 5.56 Å². The zero-order valence-electron chi connectivity index (χ0n) is 18.0. The minimum atomic E-state index is -0.924. The highest BCUT2D eigenvalue weighted by Gasteiger charge is 2.15. The van der Waals surface area contributed by atoms with Crippen molar-refractivity contribution in [2.75, 3.05) is 19.5 Å². The van der Waals surface area contributed by atoms with E-state index in [4.69, 9.17) is 25.8 Å². The number of hydrogen-bond acceptors (Lipinski definition) is 6. The highest BCUT2D eigenvalue weighted by atomic mass is 35.5. The Morgan fingerprint density at radius 2 is 1.61 bits per heavy atom. The summed E-state index contributed by atoms with van der Waals surface area (Å²) in [5, 5.41) is 6.96. The Kier molecular flexibility index (Phi) is 8.26. The molecule has 0 spiro atoms. The SMILES string of the molecule is COc1ccc(NC(=O)C(=O)NN=Cc2ccc(OCc3ccc(Cl)cc3)cc2)c(OC)c1. The lowest BCUT2D eigenvalue weighted by molar-refractivity contribution is -0.136. The van der Waals surface area contributed by atoms with Gasteiger partial charge in [-0.3, -0.25) is 9.59 Å². The maximum absolute atomic E-state index is 12.1. The van der Waals surface area contributed by atoms with Gasteiger partial charge in [-0.15, -0.1) is 0 Å². The van der Waals surface area contributed by atoms with Crippen LogP contribution in [0.4, 0.5) is 5.69 Å². The van der Waals surface area contributed by atoms with Gasteiger partial charge in [0.05, 0.1) is 26.1 Å². The minimum Gasteiger partial charge on any atom is -0.497 e. The lowest BCUT2D eigenvalue weighted by Gasteiger charge is -2.10. The standard InChI is InChI=1S/C24H22ClN3O5/c1-31-20-11-12-21(22(13-20)32-2)27-23(29)24(30)28-26-14-16-5-9-19(10-6-16)33-15-17-3-7-18(25)8-4-17/h3-14H,15H2,1-2H3,(H,27,29)(H,28,30). The first-order chi connectivity index (χ1) is 16.0. The number of amides is 2. The number of ether oxygens (including phenoxy) is 3. The fraction of sp³-hybridized carbons (Fsp3) is 0.125. The number of anilines is 1. The highest BCUT2D eigenvalue weighted by molar-refractivity contribution is 6.39. The van der Waals surface area contributed by atoms with Crippen molar-refractivity contribution in [2.45, 2.75) is 6.61 Å². The second-order valence-corrected chi connectivity index (χ2v) is 7.14. The van der Waals surface area contributed by atoms with Gasteiger partial charge in [0.2, 0.25) is 0 Å². The molecule has 0 heterocycles. The molecule has 0 saturated heterocycles. The Balaban J connectivity index is 1.49. The number of nitrogens with one attached hydrogen (secondary N) is 2. The molecule has 0 fully saturated rings. The fourth-order valence-corrected chi connectivity index (χ4v) is 2.82. The van der Waals surface area contributed by atoms with E-state index in [0.29, 0.717) is 40.1 Å². The number of rotatable bonds is 8. The van der Waals surface area contributed by atoms with Crippen LogP contribution >= 0.6 is 11.6 Å². The quantitative estimate of drug-likeness (QED) is 0.296. The monoisotopic (exact) mass is 467 g/mol. The van der Waals surface area contributed by atoms with Crippen LogP contribution in [0.15, 0.2) is 71.8 Å². The van der Waals surface area contributed by atoms with Crippen molar-refractivity contribution in [3.8, 4) is 17.2 Å². The van der Waals surface area contributed by atoms with E-state index < -0.39 is 11.8 Å². The van der Waals surface area contributed by atoms with Gasteiger partial charge in [0.15, 0.2) is 0 Å². The van der Waals surface area contributed by atoms with Crippen molar-refractivity contribution in [3.63, 3.8) is 0 Å². The summed E-state index contributed by atoms with van der Waals surface area (Å²) in [6.45, 7) is 0.411. The third-order valence-corrected chi connectivity index (χ3v) is 4.69. The van der Waals surface area contributed by atoms with Crippen LogP contribution in [-0.4, -0.2) is 32.2 Å². The Labute approximate surface area is 196 Å². The Morgan fingerprint density at radius 1 is 0.909 bits per heavy atom. The van der Waals surface area contributed by atoms with Gasteiger partial charge in [0.1, 0.15) is 23.9 Å². The van der Waals surface area contributed by atoms with Crippen LogP contribution in [0, 0.1) is 0 Å². The number of carbonyl (C=O) groups excluding carboxylic acids is 2. The summed E-state index contributed by atoms with van der Waals surface area (Å²) in [6.07, 6.45) is 1.42. The van der Waals surface area contributed by atoms with Crippen molar-refractivity contribution in [3.05, 3.63) is 82.9 Å². The average molecular weight is 468 g/mol. The number of carbonyl (C=O) groups is 2. The van der Waals surface area contributed by atoms with Gasteiger partial charge in [-0.1, -0.05) is 23.7 Å². The van der Waals surface area contributed by atoms with Gasteiger partial charge < -0.3 is 19.5 Å². The minimum absolute atomic E-state index is 0.330. The van der Waals surface area contributed by atoms with Crippen LogP contribution in [0.5, 0.6) is 17.2 Å². The molecule has 0 atom stereocenters. The van der Waals surface area contributed by atoms with E-state index in [1.165, 1.54) is 20.4 Å². The largest absolute Gasteiger partial charge is 0.497 e. The lowest BCUT2D eigenvalue weighted by atomic mass is 10.2. The van der Waals surface area contributed by atoms with Crippen LogP contribution in [-0.2, 0) is 16.2 Å². The molecule has 3 aromatic carbocycles. The molecule has 0 saturated carbocycles. The Bertz CT molecular complexity index is 1130. The van der Waals surface area contributed by atoms with Gasteiger partial charge in [0.25, 0.3) is 0 Å². The van der Waals surface area contributed by atoms with Crippen molar-refractivity contribution in [1.29, 1.82) is 0 Å². The van der Waals surface area contributed by atoms with Crippen molar-refractivity contribution in [2.24, 2.45) is 5.10 Å². The first-order valence-electron chi connectivity index (χ1n) is 9.82. The zero-order valence-corrected chi connectivity index (χ0v) is 18.8. The number of hydrazone groups is 1. The van der Waals surface area contributed by atoms with E-state index in [-0.39, 0.29) is 0 Å². The van der Waals surface area contributed by atoms with Crippen LogP contribution < -0.4 is 25.0 Å². The number of nitrogens with zero attached hydrogens (tertiary/aromatic N) is 1. The first-order valence-corrected chi connectivity index (χ1v) is 10.2. The van der Waals surface area contributed by atoms with Crippen LogP contribution in [0.3, 0.4) is 0 Å². The third-order valence-electron chi connectivity index (χ3n) is 4.44. The number of methoxy groups -OCH3 is 2. The van der Waals surface area contributed by atoms with Crippen LogP contribution in [0.1, 0.15) is 11.1 Å². The summed E-state index contributed by atoms with van der Waals surface area (Å²) < 4.78 is 16.0. The smallest absolute Gasteiger partial charge is 0.329 e. The second-order valence-electron chi connectivity index (χ2n) is 6.70. The van der Waals surface area contributed by atoms with Gasteiger partial charge in [-0.25, -0.2) is 5.43 Å². The number of halogens is 1. The molecule has 2 N–H and O–H groups in total. The van der Waals surface area contributed by atoms with Crippen molar-refractivity contribution >= 4 is 35.3 Å². The molecule has 0 radical (unpaired) electrons. The van der Waals surface area contributed by atoms with Crippen LogP contribution in [0.2, 0.25) is 5.02 Å². The molecule has 170 valence electrons. The Hall–Kier alpha value is -4.04.